The number of nitrogens with two attached hydrogens (primary N) is 1. The van der Waals surface area contributed by atoms with E-state index in [-0.39, 0.29) is 16.6 Å². The molecule has 2 aromatic rings. The van der Waals surface area contributed by atoms with E-state index < -0.39 is 0 Å². The molecule has 0 saturated carbocycles. The summed E-state index contributed by atoms with van der Waals surface area (Å²) in [7, 11) is 0. The van der Waals surface area contributed by atoms with Crippen molar-refractivity contribution in [3.05, 3.63) is 63.4 Å². The summed E-state index contributed by atoms with van der Waals surface area (Å²) in [6.45, 7) is 4.67. The topological polar surface area (TPSA) is 65.1 Å². The van der Waals surface area contributed by atoms with E-state index in [1.807, 2.05) is 48.7 Å². The zero-order chi connectivity index (χ0) is 15.9. The van der Waals surface area contributed by atoms with Gasteiger partial charge in [0.1, 0.15) is 5.82 Å². The van der Waals surface area contributed by atoms with Crippen molar-refractivity contribution in [3.8, 4) is 0 Å². The Bertz CT molecular complexity index is 789. The average Bonchev–Trinajstić information content (AvgIpc) is 2.42. The fraction of sp³-hybridized carbons (Fsp3) is 0.333. The highest BCUT2D eigenvalue weighted by molar-refractivity contribution is 5.98. The first kappa shape index (κ1) is 14.6. The number of Topliss-reactive ketones (excluding diaryl/α,β-unsaturated/α-hetero) is 1. The minimum atomic E-state index is -0.252. The van der Waals surface area contributed by atoms with Crippen molar-refractivity contribution in [2.45, 2.75) is 33.2 Å². The minimum Gasteiger partial charge on any atom is -0.385 e. The molecule has 0 saturated heterocycles. The molecule has 1 aromatic carbocycles. The number of fused-ring (bicyclic) bond motifs is 1. The van der Waals surface area contributed by atoms with Crippen LogP contribution in [0.4, 0.5) is 5.82 Å². The summed E-state index contributed by atoms with van der Waals surface area (Å²) in [5, 5.41) is 0. The Balaban J connectivity index is 2.17. The molecule has 22 heavy (non-hydrogen) atoms. The molecule has 0 atom stereocenters. The Kier molecular flexibility index (Phi) is 3.39. The molecule has 0 fully saturated rings. The Hall–Kier alpha value is -2.36. The highest BCUT2D eigenvalue weighted by Crippen LogP contribution is 2.34. The third-order valence-electron chi connectivity index (χ3n) is 4.20. The van der Waals surface area contributed by atoms with Crippen LogP contribution in [-0.4, -0.2) is 10.4 Å². The van der Waals surface area contributed by atoms with Crippen molar-refractivity contribution >= 4 is 11.6 Å². The third-order valence-corrected chi connectivity index (χ3v) is 4.20. The molecular weight excluding hydrogens is 276 g/mol. The van der Waals surface area contributed by atoms with Crippen molar-refractivity contribution in [2.75, 3.05) is 5.73 Å². The number of carbonyl (C=O) groups is 1. The van der Waals surface area contributed by atoms with E-state index in [9.17, 15) is 9.59 Å². The molecule has 0 amide bonds. The normalized spacial score (nSPS) is 16.4. The van der Waals surface area contributed by atoms with Crippen LogP contribution in [0.3, 0.4) is 0 Å². The van der Waals surface area contributed by atoms with Crippen molar-refractivity contribution in [1.29, 1.82) is 0 Å². The average molecular weight is 296 g/mol. The Morgan fingerprint density at radius 2 is 1.82 bits per heavy atom. The van der Waals surface area contributed by atoms with Crippen LogP contribution in [0.15, 0.2) is 41.2 Å². The Labute approximate surface area is 129 Å². The number of hydrogen-bond acceptors (Lipinski definition) is 3. The summed E-state index contributed by atoms with van der Waals surface area (Å²) in [4.78, 5) is 24.6. The second-order valence-electron chi connectivity index (χ2n) is 6.77. The molecular formula is C18H20N2O2. The molecule has 0 aliphatic heterocycles. The van der Waals surface area contributed by atoms with Gasteiger partial charge in [0.15, 0.2) is 11.2 Å². The van der Waals surface area contributed by atoms with Crippen LogP contribution in [0.2, 0.25) is 0 Å². The van der Waals surface area contributed by atoms with Gasteiger partial charge < -0.3 is 10.3 Å². The maximum atomic E-state index is 12.4. The van der Waals surface area contributed by atoms with Crippen molar-refractivity contribution in [2.24, 2.45) is 5.41 Å². The van der Waals surface area contributed by atoms with E-state index in [1.165, 1.54) is 6.07 Å². The molecule has 1 aliphatic carbocycles. The van der Waals surface area contributed by atoms with E-state index in [1.54, 1.807) is 0 Å². The van der Waals surface area contributed by atoms with Gasteiger partial charge in [0, 0.05) is 24.7 Å². The zero-order valence-electron chi connectivity index (χ0n) is 12.9. The van der Waals surface area contributed by atoms with E-state index >= 15 is 0 Å². The summed E-state index contributed by atoms with van der Waals surface area (Å²) >= 11 is 0. The van der Waals surface area contributed by atoms with Gasteiger partial charge in [0.05, 0.1) is 5.56 Å². The van der Waals surface area contributed by atoms with Gasteiger partial charge in [0.25, 0.3) is 0 Å². The number of rotatable bonds is 2. The lowest BCUT2D eigenvalue weighted by Crippen LogP contribution is -2.35. The van der Waals surface area contributed by atoms with Crippen LogP contribution in [0.1, 0.15) is 41.9 Å². The molecule has 3 rings (SSSR count). The Morgan fingerprint density at radius 1 is 1.14 bits per heavy atom. The van der Waals surface area contributed by atoms with Gasteiger partial charge in [-0.25, -0.2) is 0 Å². The lowest BCUT2D eigenvalue weighted by molar-refractivity contribution is 0.0907. The zero-order valence-corrected chi connectivity index (χ0v) is 12.9. The smallest absolute Gasteiger partial charge is 0.194 e. The predicted molar refractivity (Wildman–Crippen MR) is 87.1 cm³/mol. The predicted octanol–water partition coefficient (Wildman–Crippen LogP) is 2.63. The first-order valence-corrected chi connectivity index (χ1v) is 7.47. The van der Waals surface area contributed by atoms with Crippen molar-refractivity contribution in [3.63, 3.8) is 0 Å². The van der Waals surface area contributed by atoms with Gasteiger partial charge in [-0.1, -0.05) is 44.2 Å². The first-order valence-electron chi connectivity index (χ1n) is 7.47. The van der Waals surface area contributed by atoms with Crippen LogP contribution in [0.25, 0.3) is 0 Å². The van der Waals surface area contributed by atoms with E-state index in [0.29, 0.717) is 30.8 Å². The van der Waals surface area contributed by atoms with Gasteiger partial charge in [-0.2, -0.15) is 0 Å². The minimum absolute atomic E-state index is 0.0712. The quantitative estimate of drug-likeness (QED) is 0.926. The van der Waals surface area contributed by atoms with Gasteiger partial charge in [-0.05, 0) is 17.4 Å². The molecule has 4 nitrogen and oxygen atoms in total. The van der Waals surface area contributed by atoms with E-state index in [2.05, 4.69) is 0 Å². The number of anilines is 1. The number of nitrogens with zero attached hydrogens (tertiary/aromatic N) is 1. The molecule has 1 heterocycles. The molecule has 1 aromatic heterocycles. The maximum Gasteiger partial charge on any atom is 0.194 e. The second-order valence-corrected chi connectivity index (χ2v) is 6.77. The summed E-state index contributed by atoms with van der Waals surface area (Å²) in [6, 6.07) is 11.3. The summed E-state index contributed by atoms with van der Waals surface area (Å²) < 4.78 is 1.91. The molecule has 0 unspecified atom stereocenters. The Morgan fingerprint density at radius 3 is 2.50 bits per heavy atom. The van der Waals surface area contributed by atoms with Gasteiger partial charge in [0.2, 0.25) is 0 Å². The maximum absolute atomic E-state index is 12.4. The summed E-state index contributed by atoms with van der Waals surface area (Å²) in [6.07, 6.45) is 1.09. The van der Waals surface area contributed by atoms with Crippen molar-refractivity contribution < 1.29 is 4.79 Å². The second kappa shape index (κ2) is 5.13. The van der Waals surface area contributed by atoms with E-state index in [4.69, 9.17) is 5.73 Å². The van der Waals surface area contributed by atoms with Crippen LogP contribution in [-0.2, 0) is 13.0 Å². The van der Waals surface area contributed by atoms with Crippen LogP contribution >= 0.6 is 0 Å². The number of hydrogen-bond donors (Lipinski definition) is 1. The van der Waals surface area contributed by atoms with Gasteiger partial charge in [-0.3, -0.25) is 9.59 Å². The summed E-state index contributed by atoms with van der Waals surface area (Å²) in [5.41, 5.74) is 7.87. The highest BCUT2D eigenvalue weighted by Gasteiger charge is 2.34. The first-order chi connectivity index (χ1) is 10.4. The largest absolute Gasteiger partial charge is 0.385 e. The third kappa shape index (κ3) is 2.56. The molecule has 0 radical (unpaired) electrons. The monoisotopic (exact) mass is 296 g/mol. The molecule has 0 spiro atoms. The van der Waals surface area contributed by atoms with Crippen LogP contribution in [0, 0.1) is 5.41 Å². The number of pyridine rings is 1. The highest BCUT2D eigenvalue weighted by atomic mass is 16.1. The standard InChI is InChI=1S/C18H20N2O2/c1-18(2)9-13-17(15(22)10-18)14(21)8-16(19)20(13)11-12-6-4-3-5-7-12/h3-8H,9-11,19H2,1-2H3. The molecule has 2 N–H and O–H groups in total. The number of ketones is 1. The van der Waals surface area contributed by atoms with Gasteiger partial charge in [-0.15, -0.1) is 0 Å². The summed E-state index contributed by atoms with van der Waals surface area (Å²) in [5.74, 6) is 0.344. The number of carbonyl (C=O) groups excluding carboxylic acids is 1. The number of nitrogen functional groups attached to an aromatic ring is 1. The molecule has 0 bridgehead atoms. The molecule has 1 aliphatic rings. The SMILES string of the molecule is CC1(C)CC(=O)c2c(n(Cc3ccccc3)c(N)cc2=O)C1. The van der Waals surface area contributed by atoms with Gasteiger partial charge >= 0.3 is 0 Å². The molecule has 114 valence electrons. The van der Waals surface area contributed by atoms with E-state index in [0.717, 1.165) is 11.3 Å². The number of aromatic nitrogens is 1. The van der Waals surface area contributed by atoms with Crippen LogP contribution < -0.4 is 11.2 Å². The fourth-order valence-electron chi connectivity index (χ4n) is 3.19. The van der Waals surface area contributed by atoms with Crippen LogP contribution in [0.5, 0.6) is 0 Å². The fourth-order valence-corrected chi connectivity index (χ4v) is 3.19. The lowest BCUT2D eigenvalue weighted by atomic mass is 9.75. The molecule has 4 heteroatoms. The lowest BCUT2D eigenvalue weighted by Gasteiger charge is -2.32. The number of benzene rings is 1. The van der Waals surface area contributed by atoms with Crippen molar-refractivity contribution in [1.82, 2.24) is 4.57 Å².